The number of fused-ring (bicyclic) bond motifs is 1. The number of rotatable bonds is 8. The number of morpholine rings is 1. The molecule has 0 atom stereocenters. The van der Waals surface area contributed by atoms with E-state index in [0.717, 1.165) is 75.9 Å². The molecular weight excluding hydrogens is 326 g/mol. The molecule has 6 nitrogen and oxygen atoms in total. The Morgan fingerprint density at radius 2 is 2.08 bits per heavy atom. The zero-order valence-corrected chi connectivity index (χ0v) is 15.3. The predicted molar refractivity (Wildman–Crippen MR) is 95.0 cm³/mol. The predicted octanol–water partition coefficient (Wildman–Crippen LogP) is 1.19. The number of ether oxygens (including phenoxy) is 2. The first-order chi connectivity index (χ1) is 11.8. The minimum absolute atomic E-state index is 0.0856. The second-order valence-corrected chi connectivity index (χ2v) is 7.36. The van der Waals surface area contributed by atoms with Gasteiger partial charge >= 0.3 is 5.69 Å². The van der Waals surface area contributed by atoms with Crippen molar-refractivity contribution >= 4 is 11.8 Å². The Balaban J connectivity index is 1.65. The van der Waals surface area contributed by atoms with E-state index in [4.69, 9.17) is 9.47 Å². The second kappa shape index (κ2) is 8.99. The number of methoxy groups -OCH3 is 1. The number of hydrogen-bond acceptors (Lipinski definition) is 6. The van der Waals surface area contributed by atoms with Gasteiger partial charge in [0.2, 0.25) is 0 Å². The minimum atomic E-state index is -0.0856. The van der Waals surface area contributed by atoms with Gasteiger partial charge in [0.15, 0.2) is 0 Å². The van der Waals surface area contributed by atoms with E-state index in [2.05, 4.69) is 9.88 Å². The van der Waals surface area contributed by atoms with Crippen LogP contribution in [0.1, 0.15) is 24.1 Å². The summed E-state index contributed by atoms with van der Waals surface area (Å²) < 4.78 is 12.4. The van der Waals surface area contributed by atoms with E-state index in [1.54, 1.807) is 18.9 Å². The summed E-state index contributed by atoms with van der Waals surface area (Å²) in [5.41, 5.74) is 2.43. The van der Waals surface area contributed by atoms with Crippen molar-refractivity contribution in [3.05, 3.63) is 21.7 Å². The Morgan fingerprint density at radius 1 is 1.25 bits per heavy atom. The summed E-state index contributed by atoms with van der Waals surface area (Å²) in [6.45, 7) is 6.13. The van der Waals surface area contributed by atoms with Crippen molar-refractivity contribution in [2.24, 2.45) is 0 Å². The lowest BCUT2D eigenvalue weighted by Crippen LogP contribution is -2.37. The first-order valence-corrected chi connectivity index (χ1v) is 9.82. The summed E-state index contributed by atoms with van der Waals surface area (Å²) in [4.78, 5) is 19.3. The Bertz CT molecular complexity index is 599. The lowest BCUT2D eigenvalue weighted by molar-refractivity contribution is 0.0368. The van der Waals surface area contributed by atoms with Crippen molar-refractivity contribution in [3.8, 4) is 0 Å². The maximum Gasteiger partial charge on any atom is 0.348 e. The molecule has 3 rings (SSSR count). The largest absolute Gasteiger partial charge is 0.384 e. The molecule has 134 valence electrons. The molecule has 0 spiro atoms. The maximum absolute atomic E-state index is 12.5. The van der Waals surface area contributed by atoms with Gasteiger partial charge in [0.05, 0.1) is 19.8 Å². The van der Waals surface area contributed by atoms with Crippen LogP contribution in [0.25, 0.3) is 0 Å². The van der Waals surface area contributed by atoms with Gasteiger partial charge in [0, 0.05) is 50.3 Å². The molecule has 0 bridgehead atoms. The molecule has 7 heteroatoms. The lowest BCUT2D eigenvalue weighted by atomic mass is 10.2. The Kier molecular flexibility index (Phi) is 6.71. The van der Waals surface area contributed by atoms with Crippen LogP contribution in [-0.2, 0) is 28.9 Å². The lowest BCUT2D eigenvalue weighted by Gasteiger charge is -2.26. The van der Waals surface area contributed by atoms with Crippen LogP contribution >= 0.6 is 11.8 Å². The smallest absolute Gasteiger partial charge is 0.348 e. The van der Waals surface area contributed by atoms with Gasteiger partial charge in [0.1, 0.15) is 5.03 Å². The van der Waals surface area contributed by atoms with Crippen LogP contribution in [0.4, 0.5) is 0 Å². The van der Waals surface area contributed by atoms with Crippen molar-refractivity contribution in [3.63, 3.8) is 0 Å². The average molecular weight is 353 g/mol. The number of hydrogen-bond donors (Lipinski definition) is 0. The van der Waals surface area contributed by atoms with Crippen molar-refractivity contribution in [2.75, 3.05) is 52.3 Å². The maximum atomic E-state index is 12.5. The van der Waals surface area contributed by atoms with Gasteiger partial charge in [-0.15, -0.1) is 11.8 Å². The van der Waals surface area contributed by atoms with Gasteiger partial charge in [-0.3, -0.25) is 9.47 Å². The summed E-state index contributed by atoms with van der Waals surface area (Å²) in [5.74, 6) is 0.844. The molecule has 1 aliphatic carbocycles. The van der Waals surface area contributed by atoms with Gasteiger partial charge in [-0.1, -0.05) is 0 Å². The van der Waals surface area contributed by atoms with Gasteiger partial charge in [-0.05, 0) is 25.7 Å². The highest BCUT2D eigenvalue weighted by Crippen LogP contribution is 2.29. The molecule has 2 heterocycles. The Labute approximate surface area is 147 Å². The first kappa shape index (κ1) is 17.9. The summed E-state index contributed by atoms with van der Waals surface area (Å²) in [7, 11) is 1.70. The van der Waals surface area contributed by atoms with E-state index in [-0.39, 0.29) is 5.69 Å². The van der Waals surface area contributed by atoms with Gasteiger partial charge < -0.3 is 9.47 Å². The highest BCUT2D eigenvalue weighted by Gasteiger charge is 2.22. The van der Waals surface area contributed by atoms with Crippen molar-refractivity contribution in [2.45, 2.75) is 37.3 Å². The van der Waals surface area contributed by atoms with Crippen LogP contribution in [0.5, 0.6) is 0 Å². The van der Waals surface area contributed by atoms with Crippen molar-refractivity contribution in [1.82, 2.24) is 14.5 Å². The monoisotopic (exact) mass is 353 g/mol. The molecule has 24 heavy (non-hydrogen) atoms. The number of aromatic nitrogens is 2. The van der Waals surface area contributed by atoms with Crippen molar-refractivity contribution in [1.29, 1.82) is 0 Å². The van der Waals surface area contributed by atoms with E-state index < -0.39 is 0 Å². The van der Waals surface area contributed by atoms with Crippen LogP contribution in [0.15, 0.2) is 9.82 Å². The van der Waals surface area contributed by atoms with Crippen LogP contribution in [0.3, 0.4) is 0 Å². The molecule has 1 fully saturated rings. The molecule has 0 N–H and O–H groups in total. The molecule has 0 saturated carbocycles. The zero-order valence-electron chi connectivity index (χ0n) is 14.5. The summed E-state index contributed by atoms with van der Waals surface area (Å²) in [6.07, 6.45) is 4.16. The van der Waals surface area contributed by atoms with Crippen LogP contribution in [0.2, 0.25) is 0 Å². The fourth-order valence-electron chi connectivity index (χ4n) is 3.44. The van der Waals surface area contributed by atoms with Crippen LogP contribution < -0.4 is 5.69 Å². The molecule has 1 aliphatic heterocycles. The highest BCUT2D eigenvalue weighted by atomic mass is 32.2. The molecular formula is C17H27N3O3S. The normalized spacial score (nSPS) is 18.0. The molecule has 0 unspecified atom stereocenters. The molecule has 0 radical (unpaired) electrons. The van der Waals surface area contributed by atoms with E-state index in [9.17, 15) is 4.79 Å². The Hall–Kier alpha value is -0.890. The van der Waals surface area contributed by atoms with E-state index in [1.165, 1.54) is 11.3 Å². The second-order valence-electron chi connectivity index (χ2n) is 6.28. The molecule has 0 aromatic carbocycles. The van der Waals surface area contributed by atoms with Gasteiger partial charge in [-0.25, -0.2) is 4.79 Å². The third-order valence-corrected chi connectivity index (χ3v) is 5.67. The summed E-state index contributed by atoms with van der Waals surface area (Å²) >= 11 is 1.65. The third kappa shape index (κ3) is 4.39. The molecule has 1 saturated heterocycles. The van der Waals surface area contributed by atoms with E-state index in [0.29, 0.717) is 6.61 Å². The first-order valence-electron chi connectivity index (χ1n) is 8.84. The molecule has 1 aromatic rings. The fourth-order valence-corrected chi connectivity index (χ4v) is 4.42. The Morgan fingerprint density at radius 3 is 2.88 bits per heavy atom. The number of thioether (sulfide) groups is 1. The molecule has 2 aliphatic rings. The highest BCUT2D eigenvalue weighted by molar-refractivity contribution is 7.99. The topological polar surface area (TPSA) is 56.6 Å². The molecule has 1 aromatic heterocycles. The number of nitrogens with zero attached hydrogens (tertiary/aromatic N) is 3. The average Bonchev–Trinajstić information content (AvgIpc) is 3.08. The van der Waals surface area contributed by atoms with Gasteiger partial charge in [-0.2, -0.15) is 4.98 Å². The fraction of sp³-hybridized carbons (Fsp3) is 0.765. The SMILES string of the molecule is COCCSc1nc(=O)n(CCCN2CCOCC2)c2c1CCC2. The van der Waals surface area contributed by atoms with E-state index >= 15 is 0 Å². The van der Waals surface area contributed by atoms with Crippen molar-refractivity contribution < 1.29 is 9.47 Å². The summed E-state index contributed by atoms with van der Waals surface area (Å²) in [6, 6.07) is 0. The molecule has 0 amide bonds. The zero-order chi connectivity index (χ0) is 16.8. The third-order valence-electron chi connectivity index (χ3n) is 4.69. The minimum Gasteiger partial charge on any atom is -0.384 e. The van der Waals surface area contributed by atoms with Gasteiger partial charge in [0.25, 0.3) is 0 Å². The quantitative estimate of drug-likeness (QED) is 0.398. The van der Waals surface area contributed by atoms with Crippen LogP contribution in [-0.4, -0.2) is 66.8 Å². The summed E-state index contributed by atoms with van der Waals surface area (Å²) in [5, 5.41) is 0.925. The van der Waals surface area contributed by atoms with Crippen LogP contribution in [0, 0.1) is 0 Å². The standard InChI is InChI=1S/C17H27N3O3S/c1-22-12-13-24-16-14-4-2-5-15(14)20(17(21)18-16)7-3-6-19-8-10-23-11-9-19/h2-13H2,1H3. The van der Waals surface area contributed by atoms with E-state index in [1.807, 2.05) is 4.57 Å².